The largest absolute Gasteiger partial charge is 0.467 e. The van der Waals surface area contributed by atoms with Crippen molar-refractivity contribution in [3.63, 3.8) is 0 Å². The number of carbonyl (C=O) groups excluding carboxylic acids is 2. The Labute approximate surface area is 114 Å². The normalized spacial score (nSPS) is 23.9. The molecule has 1 amide bonds. The molecule has 5 nitrogen and oxygen atoms in total. The molecule has 0 aromatic rings. The summed E-state index contributed by atoms with van der Waals surface area (Å²) >= 11 is 0. The molecule has 3 atom stereocenters. The van der Waals surface area contributed by atoms with Crippen LogP contribution >= 0.6 is 12.4 Å². The van der Waals surface area contributed by atoms with Crippen LogP contribution in [0.5, 0.6) is 0 Å². The van der Waals surface area contributed by atoms with Gasteiger partial charge < -0.3 is 15.8 Å². The second-order valence-electron chi connectivity index (χ2n) is 4.53. The molecule has 1 unspecified atom stereocenters. The van der Waals surface area contributed by atoms with Crippen molar-refractivity contribution >= 4 is 24.3 Å². The Morgan fingerprint density at radius 3 is 2.61 bits per heavy atom. The third kappa shape index (κ3) is 4.14. The van der Waals surface area contributed by atoms with E-state index in [-0.39, 0.29) is 36.1 Å². The fraction of sp³-hybridized carbons (Fsp3) is 0.833. The van der Waals surface area contributed by atoms with Gasteiger partial charge in [-0.15, -0.1) is 12.4 Å². The lowest BCUT2D eigenvalue weighted by atomic mass is 9.95. The third-order valence-electron chi connectivity index (χ3n) is 3.51. The number of methoxy groups -OCH3 is 1. The van der Waals surface area contributed by atoms with Crippen molar-refractivity contribution in [2.75, 3.05) is 13.7 Å². The van der Waals surface area contributed by atoms with E-state index in [4.69, 9.17) is 5.73 Å². The van der Waals surface area contributed by atoms with E-state index in [0.717, 1.165) is 19.3 Å². The molecule has 0 bridgehead atoms. The van der Waals surface area contributed by atoms with Crippen LogP contribution in [-0.2, 0) is 14.3 Å². The summed E-state index contributed by atoms with van der Waals surface area (Å²) in [6.07, 6.45) is 3.45. The quantitative estimate of drug-likeness (QED) is 0.731. The summed E-state index contributed by atoms with van der Waals surface area (Å²) in [5.74, 6) is -0.234. The van der Waals surface area contributed by atoms with Gasteiger partial charge in [0.15, 0.2) is 0 Å². The average molecular weight is 279 g/mol. The monoisotopic (exact) mass is 278 g/mol. The molecule has 6 heteroatoms. The molecule has 3 N–H and O–H groups in total. The number of halogens is 1. The number of rotatable bonds is 5. The summed E-state index contributed by atoms with van der Waals surface area (Å²) in [6, 6.07) is -0.536. The van der Waals surface area contributed by atoms with Crippen LogP contribution < -0.4 is 11.1 Å². The van der Waals surface area contributed by atoms with Gasteiger partial charge >= 0.3 is 5.97 Å². The van der Waals surface area contributed by atoms with Gasteiger partial charge in [-0.2, -0.15) is 0 Å². The predicted octanol–water partition coefficient (Wildman–Crippen LogP) is 0.851. The maximum absolute atomic E-state index is 12.0. The first-order chi connectivity index (χ1) is 8.13. The van der Waals surface area contributed by atoms with Crippen LogP contribution in [0.1, 0.15) is 32.6 Å². The van der Waals surface area contributed by atoms with Gasteiger partial charge in [0.25, 0.3) is 0 Å². The molecule has 1 fully saturated rings. The van der Waals surface area contributed by atoms with Crippen LogP contribution in [-0.4, -0.2) is 31.6 Å². The van der Waals surface area contributed by atoms with Crippen LogP contribution in [0.4, 0.5) is 0 Å². The number of hydrogen-bond donors (Lipinski definition) is 2. The van der Waals surface area contributed by atoms with Gasteiger partial charge in [-0.05, 0) is 31.7 Å². The average Bonchev–Trinajstić information content (AvgIpc) is 2.82. The van der Waals surface area contributed by atoms with Crippen LogP contribution in [0.25, 0.3) is 0 Å². The molecular weight excluding hydrogens is 256 g/mol. The number of esters is 1. The molecule has 0 spiro atoms. The molecule has 0 aromatic heterocycles. The summed E-state index contributed by atoms with van der Waals surface area (Å²) in [6.45, 7) is 2.38. The van der Waals surface area contributed by atoms with E-state index in [1.807, 2.05) is 6.92 Å². The Balaban J connectivity index is 0.00000289. The molecule has 106 valence electrons. The van der Waals surface area contributed by atoms with E-state index in [0.29, 0.717) is 13.0 Å². The van der Waals surface area contributed by atoms with Crippen LogP contribution in [0, 0.1) is 11.8 Å². The lowest BCUT2D eigenvalue weighted by Crippen LogP contribution is -2.45. The molecule has 0 radical (unpaired) electrons. The minimum Gasteiger partial charge on any atom is -0.467 e. The smallest absolute Gasteiger partial charge is 0.328 e. The van der Waals surface area contributed by atoms with Crippen molar-refractivity contribution < 1.29 is 14.3 Å². The molecule has 18 heavy (non-hydrogen) atoms. The summed E-state index contributed by atoms with van der Waals surface area (Å²) < 4.78 is 4.64. The van der Waals surface area contributed by atoms with Crippen LogP contribution in [0.2, 0.25) is 0 Å². The highest BCUT2D eigenvalue weighted by atomic mass is 35.5. The Hall–Kier alpha value is -0.810. The highest BCUT2D eigenvalue weighted by Gasteiger charge is 2.33. The molecule has 1 rings (SSSR count). The molecule has 0 saturated heterocycles. The molecule has 1 saturated carbocycles. The van der Waals surface area contributed by atoms with E-state index in [9.17, 15) is 9.59 Å². The molecule has 0 heterocycles. The lowest BCUT2D eigenvalue weighted by Gasteiger charge is -2.21. The number of amides is 1. The van der Waals surface area contributed by atoms with Gasteiger partial charge in [-0.25, -0.2) is 4.79 Å². The van der Waals surface area contributed by atoms with Gasteiger partial charge in [-0.3, -0.25) is 4.79 Å². The van der Waals surface area contributed by atoms with Crippen LogP contribution in [0.15, 0.2) is 0 Å². The van der Waals surface area contributed by atoms with Crippen molar-refractivity contribution in [2.45, 2.75) is 38.6 Å². The minimum atomic E-state index is -0.536. The first kappa shape index (κ1) is 17.2. The standard InChI is InChI=1S/C12H22N2O3.ClH/c1-3-10(12(16)17-2)14-11(15)9-6-4-5-8(9)7-13;/h8-10H,3-7,13H2,1-2H3,(H,14,15);1H/t8-,9-,10?;/m1./s1. The van der Waals surface area contributed by atoms with E-state index in [1.165, 1.54) is 7.11 Å². The Kier molecular flexibility index (Phi) is 7.95. The fourth-order valence-corrected chi connectivity index (χ4v) is 2.41. The number of nitrogens with one attached hydrogen (secondary N) is 1. The van der Waals surface area contributed by atoms with Gasteiger partial charge in [0.1, 0.15) is 6.04 Å². The zero-order valence-corrected chi connectivity index (χ0v) is 11.8. The summed E-state index contributed by atoms with van der Waals surface area (Å²) in [5.41, 5.74) is 5.64. The first-order valence-electron chi connectivity index (χ1n) is 6.22. The summed E-state index contributed by atoms with van der Waals surface area (Å²) in [5, 5.41) is 2.75. The minimum absolute atomic E-state index is 0. The topological polar surface area (TPSA) is 81.4 Å². The zero-order chi connectivity index (χ0) is 12.8. The van der Waals surface area contributed by atoms with E-state index in [2.05, 4.69) is 10.1 Å². The Morgan fingerprint density at radius 1 is 1.44 bits per heavy atom. The predicted molar refractivity (Wildman–Crippen MR) is 71.4 cm³/mol. The molecule has 0 aromatic carbocycles. The molecular formula is C12H23ClN2O3. The Bertz CT molecular complexity index is 286. The van der Waals surface area contributed by atoms with Crippen molar-refractivity contribution in [1.29, 1.82) is 0 Å². The van der Waals surface area contributed by atoms with Crippen molar-refractivity contribution in [2.24, 2.45) is 17.6 Å². The fourth-order valence-electron chi connectivity index (χ4n) is 2.41. The van der Waals surface area contributed by atoms with E-state index in [1.54, 1.807) is 0 Å². The molecule has 1 aliphatic rings. The zero-order valence-electron chi connectivity index (χ0n) is 11.0. The first-order valence-corrected chi connectivity index (χ1v) is 6.22. The number of hydrogen-bond acceptors (Lipinski definition) is 4. The highest BCUT2D eigenvalue weighted by molar-refractivity contribution is 5.86. The van der Waals surface area contributed by atoms with Crippen molar-refractivity contribution in [3.05, 3.63) is 0 Å². The number of ether oxygens (including phenoxy) is 1. The van der Waals surface area contributed by atoms with Crippen molar-refractivity contribution in [1.82, 2.24) is 5.32 Å². The second kappa shape index (κ2) is 8.32. The number of carbonyl (C=O) groups is 2. The van der Waals surface area contributed by atoms with Gasteiger partial charge in [0.05, 0.1) is 7.11 Å². The lowest BCUT2D eigenvalue weighted by molar-refractivity contribution is -0.145. The highest BCUT2D eigenvalue weighted by Crippen LogP contribution is 2.31. The third-order valence-corrected chi connectivity index (χ3v) is 3.51. The van der Waals surface area contributed by atoms with E-state index >= 15 is 0 Å². The molecule has 1 aliphatic carbocycles. The van der Waals surface area contributed by atoms with Crippen molar-refractivity contribution in [3.8, 4) is 0 Å². The van der Waals surface area contributed by atoms with Gasteiger partial charge in [0, 0.05) is 5.92 Å². The number of nitrogens with two attached hydrogens (primary N) is 1. The van der Waals surface area contributed by atoms with Gasteiger partial charge in [0.2, 0.25) is 5.91 Å². The molecule has 0 aliphatic heterocycles. The maximum Gasteiger partial charge on any atom is 0.328 e. The summed E-state index contributed by atoms with van der Waals surface area (Å²) in [4.78, 5) is 23.4. The summed E-state index contributed by atoms with van der Waals surface area (Å²) in [7, 11) is 1.33. The SMILES string of the molecule is CCC(NC(=O)[C@@H]1CCC[C@@H]1CN)C(=O)OC.Cl. The Morgan fingerprint density at radius 2 is 2.11 bits per heavy atom. The van der Waals surface area contributed by atoms with Crippen LogP contribution in [0.3, 0.4) is 0 Å². The van der Waals surface area contributed by atoms with Gasteiger partial charge in [-0.1, -0.05) is 13.3 Å². The van der Waals surface area contributed by atoms with E-state index < -0.39 is 6.04 Å². The second-order valence-corrected chi connectivity index (χ2v) is 4.53. The maximum atomic E-state index is 12.0.